The van der Waals surface area contributed by atoms with Crippen molar-refractivity contribution in [1.29, 1.82) is 0 Å². The van der Waals surface area contributed by atoms with Crippen LogP contribution in [0.15, 0.2) is 18.2 Å². The van der Waals surface area contributed by atoms with Gasteiger partial charge >= 0.3 is 5.97 Å². The number of hydrogen-bond donors (Lipinski definition) is 4. The Morgan fingerprint density at radius 3 is 2.59 bits per heavy atom. The average Bonchev–Trinajstić information content (AvgIpc) is 3.14. The largest absolute Gasteiger partial charge is 0.481 e. The molecule has 34 heavy (non-hydrogen) atoms. The van der Waals surface area contributed by atoms with E-state index in [1.165, 1.54) is 4.90 Å². The molecular formula is C24H32N4O6. The SMILES string of the molecule is CC[C@H](C)[C@H](NC)C(=O)NC1CCc2cccc3c2N(C1=O)[C@H](C(=O)N[C@H](C=O)CC(=O)O)C3. The van der Waals surface area contributed by atoms with Crippen LogP contribution in [0.1, 0.15) is 44.2 Å². The van der Waals surface area contributed by atoms with E-state index in [9.17, 15) is 24.0 Å². The molecule has 3 rings (SSSR count). The summed E-state index contributed by atoms with van der Waals surface area (Å²) in [6.45, 7) is 3.95. The molecule has 0 radical (unpaired) electrons. The van der Waals surface area contributed by atoms with E-state index in [-0.39, 0.29) is 18.2 Å². The van der Waals surface area contributed by atoms with Gasteiger partial charge in [-0.15, -0.1) is 0 Å². The second kappa shape index (κ2) is 10.8. The van der Waals surface area contributed by atoms with E-state index in [1.54, 1.807) is 7.05 Å². The molecule has 0 bridgehead atoms. The van der Waals surface area contributed by atoms with Gasteiger partial charge in [-0.2, -0.15) is 0 Å². The third-order valence-electron chi connectivity index (χ3n) is 6.72. The first-order chi connectivity index (χ1) is 16.2. The standard InChI is InChI=1S/C24H32N4O6/c1-4-13(2)20(25-3)23(33)27-17-9-8-14-6-5-7-15-10-18(28(21(14)15)24(17)34)22(32)26-16(12-29)11-19(30)31/h5-7,12-13,16-18,20,25H,4,8-11H2,1-3H3,(H,26,32)(H,27,33)(H,30,31)/t13-,16-,17?,18-,20-/m0/s1. The van der Waals surface area contributed by atoms with Gasteiger partial charge in [-0.25, -0.2) is 0 Å². The number of carbonyl (C=O) groups is 5. The number of amides is 3. The lowest BCUT2D eigenvalue weighted by molar-refractivity contribution is -0.139. The maximum absolute atomic E-state index is 13.7. The molecule has 0 aliphatic carbocycles. The molecule has 0 aromatic heterocycles. The number of nitrogens with zero attached hydrogens (tertiary/aromatic N) is 1. The summed E-state index contributed by atoms with van der Waals surface area (Å²) in [5, 5.41) is 17.3. The van der Waals surface area contributed by atoms with Crippen LogP contribution in [-0.4, -0.2) is 66.3 Å². The number of carbonyl (C=O) groups excluding carboxylic acids is 4. The smallest absolute Gasteiger partial charge is 0.305 e. The zero-order valence-electron chi connectivity index (χ0n) is 19.7. The van der Waals surface area contributed by atoms with Crippen LogP contribution in [0, 0.1) is 5.92 Å². The number of hydrogen-bond acceptors (Lipinski definition) is 6. The minimum absolute atomic E-state index is 0.0644. The predicted octanol–water partition coefficient (Wildman–Crippen LogP) is 0.168. The summed E-state index contributed by atoms with van der Waals surface area (Å²) in [6, 6.07) is 2.21. The number of benzene rings is 1. The van der Waals surface area contributed by atoms with Crippen molar-refractivity contribution in [3.05, 3.63) is 29.3 Å². The maximum atomic E-state index is 13.7. The molecule has 3 amide bonds. The first-order valence-corrected chi connectivity index (χ1v) is 11.6. The lowest BCUT2D eigenvalue weighted by atomic mass is 9.97. The number of aldehydes is 1. The molecule has 1 unspecified atom stereocenters. The van der Waals surface area contributed by atoms with Gasteiger partial charge < -0.3 is 25.9 Å². The third kappa shape index (κ3) is 5.11. The molecular weight excluding hydrogens is 440 g/mol. The number of aliphatic carboxylic acids is 1. The van der Waals surface area contributed by atoms with Gasteiger partial charge in [0.1, 0.15) is 18.4 Å². The summed E-state index contributed by atoms with van der Waals surface area (Å²) < 4.78 is 0. The molecule has 0 saturated carbocycles. The van der Waals surface area contributed by atoms with Crippen LogP contribution in [-0.2, 0) is 36.8 Å². The molecule has 2 heterocycles. The van der Waals surface area contributed by atoms with Crippen LogP contribution in [0.5, 0.6) is 0 Å². The molecule has 2 aliphatic rings. The van der Waals surface area contributed by atoms with Crippen molar-refractivity contribution in [2.75, 3.05) is 11.9 Å². The molecule has 10 nitrogen and oxygen atoms in total. The van der Waals surface area contributed by atoms with Gasteiger partial charge in [0.2, 0.25) is 17.7 Å². The van der Waals surface area contributed by atoms with E-state index < -0.39 is 48.4 Å². The number of aryl methyl sites for hydroxylation is 1. The fourth-order valence-corrected chi connectivity index (χ4v) is 4.75. The number of para-hydroxylation sites is 1. The van der Waals surface area contributed by atoms with E-state index in [0.29, 0.717) is 24.8 Å². The molecule has 0 saturated heterocycles. The Labute approximate surface area is 198 Å². The monoisotopic (exact) mass is 472 g/mol. The number of likely N-dealkylation sites (N-methyl/N-ethyl adjacent to an activating group) is 1. The summed E-state index contributed by atoms with van der Waals surface area (Å²) >= 11 is 0. The molecule has 184 valence electrons. The topological polar surface area (TPSA) is 145 Å². The summed E-state index contributed by atoms with van der Waals surface area (Å²) in [5.41, 5.74) is 2.39. The highest BCUT2D eigenvalue weighted by molar-refractivity contribution is 6.08. The zero-order chi connectivity index (χ0) is 25.0. The Kier molecular flexibility index (Phi) is 8.03. The van der Waals surface area contributed by atoms with Crippen LogP contribution in [0.2, 0.25) is 0 Å². The highest BCUT2D eigenvalue weighted by Crippen LogP contribution is 2.39. The average molecular weight is 473 g/mol. The van der Waals surface area contributed by atoms with Crippen molar-refractivity contribution in [1.82, 2.24) is 16.0 Å². The number of carboxylic acid groups (broad SMARTS) is 1. The van der Waals surface area contributed by atoms with Gasteiger partial charge in [-0.3, -0.25) is 24.1 Å². The lowest BCUT2D eigenvalue weighted by Gasteiger charge is -2.30. The van der Waals surface area contributed by atoms with Gasteiger partial charge in [-0.05, 0) is 36.9 Å². The van der Waals surface area contributed by atoms with Crippen molar-refractivity contribution >= 4 is 35.7 Å². The molecule has 10 heteroatoms. The Morgan fingerprint density at radius 2 is 1.97 bits per heavy atom. The molecule has 5 atom stereocenters. The highest BCUT2D eigenvalue weighted by Gasteiger charge is 2.44. The van der Waals surface area contributed by atoms with Crippen LogP contribution >= 0.6 is 0 Å². The van der Waals surface area contributed by atoms with Crippen molar-refractivity contribution in [3.8, 4) is 0 Å². The normalized spacial score (nSPS) is 21.6. The van der Waals surface area contributed by atoms with Crippen molar-refractivity contribution in [2.45, 2.75) is 70.1 Å². The molecule has 1 aromatic rings. The van der Waals surface area contributed by atoms with Crippen molar-refractivity contribution in [2.24, 2.45) is 5.92 Å². The molecule has 1 aromatic carbocycles. The lowest BCUT2D eigenvalue weighted by Crippen LogP contribution is -2.58. The van der Waals surface area contributed by atoms with E-state index >= 15 is 0 Å². The third-order valence-corrected chi connectivity index (χ3v) is 6.72. The van der Waals surface area contributed by atoms with Gasteiger partial charge in [0.25, 0.3) is 0 Å². The second-order valence-electron chi connectivity index (χ2n) is 8.95. The first-order valence-electron chi connectivity index (χ1n) is 11.6. The van der Waals surface area contributed by atoms with Crippen molar-refractivity contribution in [3.63, 3.8) is 0 Å². The van der Waals surface area contributed by atoms with E-state index in [4.69, 9.17) is 5.11 Å². The van der Waals surface area contributed by atoms with Crippen molar-refractivity contribution < 1.29 is 29.1 Å². The van der Waals surface area contributed by atoms with Crippen LogP contribution in [0.4, 0.5) is 5.69 Å². The Balaban J connectivity index is 1.87. The second-order valence-corrected chi connectivity index (χ2v) is 8.95. The molecule has 4 N–H and O–H groups in total. The fourth-order valence-electron chi connectivity index (χ4n) is 4.75. The van der Waals surface area contributed by atoms with Crippen LogP contribution < -0.4 is 20.9 Å². The number of anilines is 1. The number of rotatable bonds is 10. The molecule has 0 spiro atoms. The van der Waals surface area contributed by atoms with Crippen LogP contribution in [0.25, 0.3) is 0 Å². The van der Waals surface area contributed by atoms with Gasteiger partial charge in [0.15, 0.2) is 0 Å². The van der Waals surface area contributed by atoms with Gasteiger partial charge in [0.05, 0.1) is 24.2 Å². The van der Waals surface area contributed by atoms with E-state index in [2.05, 4.69) is 16.0 Å². The minimum Gasteiger partial charge on any atom is -0.481 e. The van der Waals surface area contributed by atoms with Gasteiger partial charge in [-0.1, -0.05) is 38.5 Å². The van der Waals surface area contributed by atoms with Crippen LogP contribution in [0.3, 0.4) is 0 Å². The summed E-state index contributed by atoms with van der Waals surface area (Å²) in [7, 11) is 1.70. The zero-order valence-corrected chi connectivity index (χ0v) is 19.7. The maximum Gasteiger partial charge on any atom is 0.305 e. The first kappa shape index (κ1) is 25.4. The van der Waals surface area contributed by atoms with E-state index in [0.717, 1.165) is 17.5 Å². The van der Waals surface area contributed by atoms with Gasteiger partial charge in [0, 0.05) is 6.42 Å². The molecule has 2 aliphatic heterocycles. The predicted molar refractivity (Wildman–Crippen MR) is 124 cm³/mol. The summed E-state index contributed by atoms with van der Waals surface area (Å²) in [6.07, 6.45) is 1.79. The highest BCUT2D eigenvalue weighted by atomic mass is 16.4. The van der Waals surface area contributed by atoms with E-state index in [1.807, 2.05) is 32.0 Å². The fraction of sp³-hybridized carbons (Fsp3) is 0.542. The Hall–Kier alpha value is -3.27. The quantitative estimate of drug-likeness (QED) is 0.355. The summed E-state index contributed by atoms with van der Waals surface area (Å²) in [4.78, 5) is 63.4. The Morgan fingerprint density at radius 1 is 1.26 bits per heavy atom. The number of carboxylic acids is 1. The minimum atomic E-state index is -1.22. The summed E-state index contributed by atoms with van der Waals surface area (Å²) in [5.74, 6) is -2.42. The molecule has 0 fully saturated rings. The Bertz CT molecular complexity index is 980. The number of nitrogens with one attached hydrogen (secondary N) is 3.